The van der Waals surface area contributed by atoms with Crippen LogP contribution in [0, 0.1) is 0 Å². The van der Waals surface area contributed by atoms with E-state index in [0.717, 1.165) is 3.79 Å². The van der Waals surface area contributed by atoms with Gasteiger partial charge in [0.2, 0.25) is 5.88 Å². The van der Waals surface area contributed by atoms with Crippen LogP contribution >= 0.6 is 39.1 Å². The molecule has 0 saturated carbocycles. The number of rotatable bonds is 1. The van der Waals surface area contributed by atoms with Gasteiger partial charge in [-0.2, -0.15) is 4.37 Å². The first-order valence-electron chi connectivity index (χ1n) is 2.10. The number of hydrogen-bond acceptors (Lipinski definition) is 3. The van der Waals surface area contributed by atoms with E-state index in [1.54, 1.807) is 0 Å². The molecule has 0 radical (unpaired) electrons. The standard InChI is InChI=1S/C4H3BrClNOS/c1-8-4-2(6)3(5)9-7-4/h1H3. The molecule has 1 rings (SSSR count). The van der Waals surface area contributed by atoms with Crippen LogP contribution < -0.4 is 4.74 Å². The van der Waals surface area contributed by atoms with Crippen LogP contribution in [0.4, 0.5) is 0 Å². The van der Waals surface area contributed by atoms with Crippen LogP contribution in [0.3, 0.4) is 0 Å². The second-order valence-corrected chi connectivity index (χ2v) is 3.75. The fourth-order valence-electron chi connectivity index (χ4n) is 0.373. The minimum Gasteiger partial charge on any atom is -0.479 e. The zero-order valence-corrected chi connectivity index (χ0v) is 7.68. The number of methoxy groups -OCH3 is 1. The Labute approximate surface area is 70.1 Å². The van der Waals surface area contributed by atoms with Gasteiger partial charge in [-0.1, -0.05) is 11.6 Å². The Morgan fingerprint density at radius 2 is 2.44 bits per heavy atom. The summed E-state index contributed by atoms with van der Waals surface area (Å²) in [4.78, 5) is 0. The molecule has 0 saturated heterocycles. The third kappa shape index (κ3) is 1.36. The van der Waals surface area contributed by atoms with Crippen molar-refractivity contribution in [1.82, 2.24) is 4.37 Å². The molecule has 1 aromatic heterocycles. The lowest BCUT2D eigenvalue weighted by Gasteiger charge is -1.89. The van der Waals surface area contributed by atoms with E-state index in [2.05, 4.69) is 20.3 Å². The average Bonchev–Trinajstić information content (AvgIpc) is 2.15. The van der Waals surface area contributed by atoms with Crippen LogP contribution in [0.2, 0.25) is 5.02 Å². The molecule has 1 aromatic rings. The van der Waals surface area contributed by atoms with Gasteiger partial charge in [-0.25, -0.2) is 0 Å². The van der Waals surface area contributed by atoms with Gasteiger partial charge in [-0.3, -0.25) is 0 Å². The molecular weight excluding hydrogens is 225 g/mol. The lowest BCUT2D eigenvalue weighted by Crippen LogP contribution is -1.80. The van der Waals surface area contributed by atoms with E-state index in [1.165, 1.54) is 18.6 Å². The largest absolute Gasteiger partial charge is 0.479 e. The van der Waals surface area contributed by atoms with Gasteiger partial charge in [-0.15, -0.1) is 0 Å². The molecule has 0 unspecified atom stereocenters. The molecule has 0 N–H and O–H groups in total. The zero-order valence-electron chi connectivity index (χ0n) is 4.52. The van der Waals surface area contributed by atoms with Gasteiger partial charge in [-0.05, 0) is 27.5 Å². The van der Waals surface area contributed by atoms with Gasteiger partial charge in [0, 0.05) is 0 Å². The minimum atomic E-state index is 0.480. The number of ether oxygens (including phenoxy) is 1. The van der Waals surface area contributed by atoms with E-state index in [1.807, 2.05) is 0 Å². The maximum absolute atomic E-state index is 5.68. The third-order valence-corrected chi connectivity index (χ3v) is 2.91. The van der Waals surface area contributed by atoms with Crippen molar-refractivity contribution < 1.29 is 4.74 Å². The lowest BCUT2D eigenvalue weighted by molar-refractivity contribution is 0.403. The highest BCUT2D eigenvalue weighted by atomic mass is 79.9. The number of nitrogens with zero attached hydrogens (tertiary/aromatic N) is 1. The fraction of sp³-hybridized carbons (Fsp3) is 0.250. The molecule has 5 heteroatoms. The first-order valence-corrected chi connectivity index (χ1v) is 4.05. The predicted molar refractivity (Wildman–Crippen MR) is 41.4 cm³/mol. The predicted octanol–water partition coefficient (Wildman–Crippen LogP) is 2.57. The normalized spacial score (nSPS) is 9.67. The maximum Gasteiger partial charge on any atom is 0.245 e. The quantitative estimate of drug-likeness (QED) is 0.737. The summed E-state index contributed by atoms with van der Waals surface area (Å²) in [5, 5.41) is 0.544. The van der Waals surface area contributed by atoms with Crippen LogP contribution in [0.1, 0.15) is 0 Å². The molecule has 2 nitrogen and oxygen atoms in total. The lowest BCUT2D eigenvalue weighted by atomic mass is 10.7. The Balaban J connectivity index is 3.04. The monoisotopic (exact) mass is 227 g/mol. The molecule has 0 amide bonds. The van der Waals surface area contributed by atoms with Crippen molar-refractivity contribution >= 4 is 39.1 Å². The van der Waals surface area contributed by atoms with Gasteiger partial charge >= 0.3 is 0 Å². The summed E-state index contributed by atoms with van der Waals surface area (Å²) in [6.45, 7) is 0. The molecule has 0 fully saturated rings. The Morgan fingerprint density at radius 1 is 1.78 bits per heavy atom. The highest BCUT2D eigenvalue weighted by Gasteiger charge is 2.07. The summed E-state index contributed by atoms with van der Waals surface area (Å²) in [6.07, 6.45) is 0. The first kappa shape index (κ1) is 7.31. The van der Waals surface area contributed by atoms with Crippen LogP contribution in [-0.4, -0.2) is 11.5 Å². The first-order chi connectivity index (χ1) is 4.25. The van der Waals surface area contributed by atoms with E-state index in [-0.39, 0.29) is 0 Å². The Morgan fingerprint density at radius 3 is 2.67 bits per heavy atom. The second kappa shape index (κ2) is 2.86. The molecule has 9 heavy (non-hydrogen) atoms. The Kier molecular flexibility index (Phi) is 2.32. The molecule has 0 spiro atoms. The SMILES string of the molecule is COc1nsc(Br)c1Cl. The zero-order chi connectivity index (χ0) is 6.85. The summed E-state index contributed by atoms with van der Waals surface area (Å²) in [7, 11) is 1.54. The Bertz CT molecular complexity index is 214. The third-order valence-electron chi connectivity index (χ3n) is 0.762. The summed E-state index contributed by atoms with van der Waals surface area (Å²) in [5.74, 6) is 0.480. The molecule has 0 aliphatic carbocycles. The smallest absolute Gasteiger partial charge is 0.245 e. The molecule has 0 aromatic carbocycles. The van der Waals surface area contributed by atoms with E-state index >= 15 is 0 Å². The van der Waals surface area contributed by atoms with Crippen LogP contribution in [0.25, 0.3) is 0 Å². The van der Waals surface area contributed by atoms with Crippen LogP contribution in [0.5, 0.6) is 5.88 Å². The summed E-state index contributed by atoms with van der Waals surface area (Å²) >= 11 is 10.2. The van der Waals surface area contributed by atoms with Gasteiger partial charge in [0.25, 0.3) is 0 Å². The Hall–Kier alpha value is 0.200. The van der Waals surface area contributed by atoms with Crippen molar-refractivity contribution in [2.75, 3.05) is 7.11 Å². The summed E-state index contributed by atoms with van der Waals surface area (Å²) in [5.41, 5.74) is 0. The van der Waals surface area contributed by atoms with Gasteiger partial charge in [0.15, 0.2) is 0 Å². The van der Waals surface area contributed by atoms with Crippen LogP contribution in [0.15, 0.2) is 3.79 Å². The molecule has 0 aliphatic rings. The molecule has 0 bridgehead atoms. The molecule has 50 valence electrons. The van der Waals surface area contributed by atoms with Gasteiger partial charge < -0.3 is 4.74 Å². The highest BCUT2D eigenvalue weighted by Crippen LogP contribution is 2.34. The van der Waals surface area contributed by atoms with Crippen molar-refractivity contribution in [3.8, 4) is 5.88 Å². The molecule has 0 atom stereocenters. The molecular formula is C4H3BrClNOS. The fourth-order valence-corrected chi connectivity index (χ4v) is 1.53. The van der Waals surface area contributed by atoms with Crippen molar-refractivity contribution in [2.24, 2.45) is 0 Å². The minimum absolute atomic E-state index is 0.480. The maximum atomic E-state index is 5.68. The molecule has 1 heterocycles. The van der Waals surface area contributed by atoms with Crippen molar-refractivity contribution in [3.05, 3.63) is 8.81 Å². The van der Waals surface area contributed by atoms with E-state index < -0.39 is 0 Å². The average molecular weight is 228 g/mol. The van der Waals surface area contributed by atoms with E-state index in [4.69, 9.17) is 16.3 Å². The van der Waals surface area contributed by atoms with Crippen molar-refractivity contribution in [1.29, 1.82) is 0 Å². The summed E-state index contributed by atoms with van der Waals surface area (Å²) in [6, 6.07) is 0. The van der Waals surface area contributed by atoms with E-state index in [0.29, 0.717) is 10.9 Å². The van der Waals surface area contributed by atoms with Crippen LogP contribution in [-0.2, 0) is 0 Å². The second-order valence-electron chi connectivity index (χ2n) is 1.28. The van der Waals surface area contributed by atoms with Gasteiger partial charge in [0.05, 0.1) is 7.11 Å². The topological polar surface area (TPSA) is 22.1 Å². The number of hydrogen-bond donors (Lipinski definition) is 0. The summed E-state index contributed by atoms with van der Waals surface area (Å²) < 4.78 is 9.48. The van der Waals surface area contributed by atoms with Gasteiger partial charge in [0.1, 0.15) is 8.81 Å². The van der Waals surface area contributed by atoms with Crippen molar-refractivity contribution in [3.63, 3.8) is 0 Å². The number of halogens is 2. The van der Waals surface area contributed by atoms with E-state index in [9.17, 15) is 0 Å². The highest BCUT2D eigenvalue weighted by molar-refractivity contribution is 9.11. The number of aromatic nitrogens is 1. The van der Waals surface area contributed by atoms with Crippen molar-refractivity contribution in [2.45, 2.75) is 0 Å². The molecule has 0 aliphatic heterocycles.